The van der Waals surface area contributed by atoms with Gasteiger partial charge in [-0.15, -0.1) is 0 Å². The van der Waals surface area contributed by atoms with Gasteiger partial charge >= 0.3 is 0 Å². The first-order chi connectivity index (χ1) is 11.2. The quantitative estimate of drug-likeness (QED) is 0.261. The minimum atomic E-state index is 0.0693. The van der Waals surface area contributed by atoms with Crippen molar-refractivity contribution in [3.05, 3.63) is 29.3 Å². The molecule has 0 fully saturated rings. The molecule has 0 unspecified atom stereocenters. The summed E-state index contributed by atoms with van der Waals surface area (Å²) in [5, 5.41) is 1.69. The lowest BCUT2D eigenvalue weighted by Gasteiger charge is -2.21. The van der Waals surface area contributed by atoms with E-state index in [1.54, 1.807) is 10.9 Å². The fourth-order valence-electron chi connectivity index (χ4n) is 3.33. The molecule has 1 aromatic rings. The van der Waals surface area contributed by atoms with E-state index in [0.717, 1.165) is 0 Å². The van der Waals surface area contributed by atoms with Crippen LogP contribution < -0.4 is 5.30 Å². The molecule has 0 aliphatic rings. The summed E-state index contributed by atoms with van der Waals surface area (Å²) in [6.45, 7) is 9.15. The van der Waals surface area contributed by atoms with E-state index in [-0.39, 0.29) is 7.92 Å². The number of hydrogen-bond donors (Lipinski definition) is 0. The smallest absolute Gasteiger partial charge is 0.0211 e. The monoisotopic (exact) mass is 334 g/mol. The number of benzene rings is 1. The van der Waals surface area contributed by atoms with Crippen molar-refractivity contribution in [3.8, 4) is 0 Å². The maximum absolute atomic E-state index is 2.44. The van der Waals surface area contributed by atoms with E-state index in [2.05, 4.69) is 45.9 Å². The maximum Gasteiger partial charge on any atom is -0.0211 e. The molecule has 0 aromatic heterocycles. The van der Waals surface area contributed by atoms with E-state index in [9.17, 15) is 0 Å². The van der Waals surface area contributed by atoms with Crippen molar-refractivity contribution in [1.29, 1.82) is 0 Å². The Kier molecular flexibility index (Phi) is 11.7. The largest absolute Gasteiger partial charge is 0.0750 e. The highest BCUT2D eigenvalue weighted by atomic mass is 31.1. The summed E-state index contributed by atoms with van der Waals surface area (Å²) in [4.78, 5) is 0. The number of aryl methyl sites for hydroxylation is 2. The second kappa shape index (κ2) is 13.0. The third kappa shape index (κ3) is 8.90. The minimum Gasteiger partial charge on any atom is -0.0750 e. The van der Waals surface area contributed by atoms with Crippen LogP contribution in [-0.4, -0.2) is 12.3 Å². The van der Waals surface area contributed by atoms with Gasteiger partial charge in [-0.1, -0.05) is 96.9 Å². The molecule has 0 saturated carbocycles. The lowest BCUT2D eigenvalue weighted by Crippen LogP contribution is -2.10. The maximum atomic E-state index is 2.44. The molecule has 0 nitrogen and oxygen atoms in total. The van der Waals surface area contributed by atoms with Crippen LogP contribution in [0.2, 0.25) is 0 Å². The molecule has 132 valence electrons. The third-order valence-electron chi connectivity index (χ3n) is 4.76. The van der Waals surface area contributed by atoms with E-state index in [4.69, 9.17) is 0 Å². The number of unbranched alkanes of at least 4 members (excludes halogenated alkanes) is 8. The van der Waals surface area contributed by atoms with Gasteiger partial charge in [-0.25, -0.2) is 0 Å². The van der Waals surface area contributed by atoms with Gasteiger partial charge in [0, 0.05) is 0 Å². The van der Waals surface area contributed by atoms with Gasteiger partial charge < -0.3 is 0 Å². The molecular weight excluding hydrogens is 295 g/mol. The van der Waals surface area contributed by atoms with Crippen LogP contribution >= 0.6 is 7.92 Å². The number of hydrogen-bond acceptors (Lipinski definition) is 0. The zero-order valence-electron chi connectivity index (χ0n) is 16.2. The van der Waals surface area contributed by atoms with E-state index in [1.165, 1.54) is 82.1 Å². The van der Waals surface area contributed by atoms with Gasteiger partial charge in [0.2, 0.25) is 0 Å². The van der Waals surface area contributed by atoms with Gasteiger partial charge in [-0.3, -0.25) is 0 Å². The summed E-state index contributed by atoms with van der Waals surface area (Å²) in [7, 11) is 0.0693. The van der Waals surface area contributed by atoms with Gasteiger partial charge in [0.15, 0.2) is 0 Å². The highest BCUT2D eigenvalue weighted by Gasteiger charge is 2.13. The van der Waals surface area contributed by atoms with Gasteiger partial charge in [-0.2, -0.15) is 0 Å². The van der Waals surface area contributed by atoms with Crippen LogP contribution in [0.5, 0.6) is 0 Å². The van der Waals surface area contributed by atoms with Crippen molar-refractivity contribution in [1.82, 2.24) is 0 Å². The summed E-state index contributed by atoms with van der Waals surface area (Å²) >= 11 is 0. The normalized spacial score (nSPS) is 11.3. The van der Waals surface area contributed by atoms with Gasteiger partial charge in [0.1, 0.15) is 0 Å². The first-order valence-corrected chi connectivity index (χ1v) is 11.7. The molecule has 0 spiro atoms. The standard InChI is InChI=1S/C22H39P/c1-5-7-9-11-13-17-23(18-14-12-10-8-6-2)22-16-15-20(3)19-21(22)4/h15-16,19H,5-14,17-18H2,1-4H3. The Hall–Kier alpha value is -0.350. The molecule has 0 saturated heterocycles. The highest BCUT2D eigenvalue weighted by molar-refractivity contribution is 7.65. The summed E-state index contributed by atoms with van der Waals surface area (Å²) in [5.74, 6) is 0. The molecule has 0 aliphatic heterocycles. The van der Waals surface area contributed by atoms with E-state index >= 15 is 0 Å². The van der Waals surface area contributed by atoms with Crippen molar-refractivity contribution >= 4 is 13.2 Å². The van der Waals surface area contributed by atoms with Crippen LogP contribution in [0.3, 0.4) is 0 Å². The van der Waals surface area contributed by atoms with Gasteiger partial charge in [-0.05, 0) is 49.9 Å². The van der Waals surface area contributed by atoms with E-state index in [0.29, 0.717) is 0 Å². The Morgan fingerprint density at radius 2 is 1.22 bits per heavy atom. The first-order valence-electron chi connectivity index (χ1n) is 10.0. The minimum absolute atomic E-state index is 0.0693. The van der Waals surface area contributed by atoms with Crippen molar-refractivity contribution in [3.63, 3.8) is 0 Å². The molecule has 0 N–H and O–H groups in total. The van der Waals surface area contributed by atoms with Crippen LogP contribution in [0, 0.1) is 13.8 Å². The van der Waals surface area contributed by atoms with Gasteiger partial charge in [0.05, 0.1) is 0 Å². The zero-order chi connectivity index (χ0) is 16.9. The molecule has 0 aliphatic carbocycles. The molecule has 0 bridgehead atoms. The molecule has 1 aromatic carbocycles. The Bertz CT molecular complexity index is 396. The van der Waals surface area contributed by atoms with Crippen LogP contribution in [0.4, 0.5) is 0 Å². The van der Waals surface area contributed by atoms with Crippen LogP contribution in [0.15, 0.2) is 18.2 Å². The summed E-state index contributed by atoms with van der Waals surface area (Å²) < 4.78 is 0. The molecule has 1 heteroatoms. The third-order valence-corrected chi connectivity index (χ3v) is 7.65. The predicted molar refractivity (Wildman–Crippen MR) is 110 cm³/mol. The summed E-state index contributed by atoms with van der Waals surface area (Å²) in [6.07, 6.45) is 17.1. The molecule has 0 heterocycles. The Balaban J connectivity index is 2.53. The summed E-state index contributed by atoms with van der Waals surface area (Å²) in [6, 6.07) is 7.15. The second-order valence-electron chi connectivity index (χ2n) is 7.11. The first kappa shape index (κ1) is 20.7. The molecule has 23 heavy (non-hydrogen) atoms. The SMILES string of the molecule is CCCCCCCP(CCCCCCC)c1ccc(C)cc1C. The fraction of sp³-hybridized carbons (Fsp3) is 0.727. The van der Waals surface area contributed by atoms with Crippen molar-refractivity contribution in [2.45, 2.75) is 91.9 Å². The second-order valence-corrected chi connectivity index (χ2v) is 9.56. The van der Waals surface area contributed by atoms with Crippen molar-refractivity contribution in [2.24, 2.45) is 0 Å². The highest BCUT2D eigenvalue weighted by Crippen LogP contribution is 2.38. The number of rotatable bonds is 13. The van der Waals surface area contributed by atoms with E-state index < -0.39 is 0 Å². The molecular formula is C22H39P. The topological polar surface area (TPSA) is 0 Å². The molecule has 0 radical (unpaired) electrons. The van der Waals surface area contributed by atoms with Crippen LogP contribution in [0.25, 0.3) is 0 Å². The average Bonchev–Trinajstić information content (AvgIpc) is 2.53. The average molecular weight is 335 g/mol. The lowest BCUT2D eigenvalue weighted by molar-refractivity contribution is 0.653. The van der Waals surface area contributed by atoms with Crippen molar-refractivity contribution in [2.75, 3.05) is 12.3 Å². The molecule has 0 amide bonds. The summed E-state index contributed by atoms with van der Waals surface area (Å²) in [5.41, 5.74) is 2.95. The van der Waals surface area contributed by atoms with Crippen LogP contribution in [-0.2, 0) is 0 Å². The van der Waals surface area contributed by atoms with Crippen LogP contribution in [0.1, 0.15) is 89.2 Å². The lowest BCUT2D eigenvalue weighted by atomic mass is 10.2. The fourth-order valence-corrected chi connectivity index (χ4v) is 6.09. The molecule has 0 atom stereocenters. The Labute approximate surface area is 147 Å². The Morgan fingerprint density at radius 3 is 1.70 bits per heavy atom. The van der Waals surface area contributed by atoms with Crippen molar-refractivity contribution < 1.29 is 0 Å². The predicted octanol–water partition coefficient (Wildman–Crippen LogP) is 7.35. The van der Waals surface area contributed by atoms with E-state index in [1.807, 2.05) is 0 Å². The zero-order valence-corrected chi connectivity index (χ0v) is 17.1. The Morgan fingerprint density at radius 1 is 0.696 bits per heavy atom. The van der Waals surface area contributed by atoms with Gasteiger partial charge in [0.25, 0.3) is 0 Å². The molecule has 1 rings (SSSR count).